The first-order valence-corrected chi connectivity index (χ1v) is 10.5. The highest BCUT2D eigenvalue weighted by molar-refractivity contribution is 6.36. The van der Waals surface area contributed by atoms with E-state index in [1.54, 1.807) is 10.9 Å². The monoisotopic (exact) mass is 473 g/mol. The second-order valence-corrected chi connectivity index (χ2v) is 7.68. The molecular weight excluding hydrogens is 453 g/mol. The molecule has 8 nitrogen and oxygen atoms in total. The predicted molar refractivity (Wildman–Crippen MR) is 121 cm³/mol. The Morgan fingerprint density at radius 2 is 1.59 bits per heavy atom. The van der Waals surface area contributed by atoms with E-state index in [1.165, 1.54) is 18.2 Å². The van der Waals surface area contributed by atoms with Crippen molar-refractivity contribution in [2.45, 2.75) is 13.1 Å². The van der Waals surface area contributed by atoms with Gasteiger partial charge in [-0.1, -0.05) is 47.5 Å². The maximum absolute atomic E-state index is 12.1. The predicted octanol–water partition coefficient (Wildman–Crippen LogP) is 2.40. The smallest absolute Gasteiger partial charge is 0.253 e. The first-order chi connectivity index (χ1) is 15.4. The summed E-state index contributed by atoms with van der Waals surface area (Å²) >= 11 is 11.8. The fraction of sp³-hybridized carbons (Fsp3) is 0.182. The van der Waals surface area contributed by atoms with E-state index in [4.69, 9.17) is 23.2 Å². The van der Waals surface area contributed by atoms with E-state index < -0.39 is 11.8 Å². The van der Waals surface area contributed by atoms with E-state index in [9.17, 15) is 14.4 Å². The summed E-state index contributed by atoms with van der Waals surface area (Å²) in [6.45, 7) is 0.403. The molecule has 0 spiro atoms. The van der Waals surface area contributed by atoms with Crippen LogP contribution in [0.1, 0.15) is 21.5 Å². The molecule has 0 bridgehead atoms. The van der Waals surface area contributed by atoms with Gasteiger partial charge in [0.2, 0.25) is 11.8 Å². The fourth-order valence-electron chi connectivity index (χ4n) is 2.88. The Morgan fingerprint density at radius 1 is 0.875 bits per heavy atom. The van der Waals surface area contributed by atoms with Crippen LogP contribution in [-0.2, 0) is 22.7 Å². The number of amides is 3. The average Bonchev–Trinajstić information content (AvgIpc) is 3.28. The lowest BCUT2D eigenvalue weighted by molar-refractivity contribution is -0.125. The van der Waals surface area contributed by atoms with Gasteiger partial charge in [-0.3, -0.25) is 19.1 Å². The molecule has 32 heavy (non-hydrogen) atoms. The van der Waals surface area contributed by atoms with Crippen LogP contribution in [0.25, 0.3) is 0 Å². The van der Waals surface area contributed by atoms with Crippen molar-refractivity contribution >= 4 is 40.9 Å². The Kier molecular flexibility index (Phi) is 8.24. The third-order valence-electron chi connectivity index (χ3n) is 4.52. The Bertz CT molecular complexity index is 1100. The van der Waals surface area contributed by atoms with Gasteiger partial charge in [-0.25, -0.2) is 0 Å². The average molecular weight is 474 g/mol. The topological polar surface area (TPSA) is 105 Å². The number of carbonyl (C=O) groups excluding carboxylic acids is 3. The molecule has 0 aliphatic heterocycles. The summed E-state index contributed by atoms with van der Waals surface area (Å²) in [6.07, 6.45) is 3.57. The quantitative estimate of drug-likeness (QED) is 0.443. The molecule has 1 heterocycles. The lowest BCUT2D eigenvalue weighted by atomic mass is 10.1. The van der Waals surface area contributed by atoms with Gasteiger partial charge in [0.15, 0.2) is 0 Å². The van der Waals surface area contributed by atoms with Crippen molar-refractivity contribution in [1.29, 1.82) is 0 Å². The van der Waals surface area contributed by atoms with Gasteiger partial charge >= 0.3 is 0 Å². The highest BCUT2D eigenvalue weighted by Crippen LogP contribution is 2.20. The number of hydrogen-bond acceptors (Lipinski definition) is 4. The van der Waals surface area contributed by atoms with E-state index in [0.29, 0.717) is 18.1 Å². The van der Waals surface area contributed by atoms with Crippen molar-refractivity contribution in [3.63, 3.8) is 0 Å². The zero-order valence-corrected chi connectivity index (χ0v) is 18.5. The van der Waals surface area contributed by atoms with Crippen molar-refractivity contribution in [2.75, 3.05) is 13.1 Å². The minimum atomic E-state index is -0.514. The van der Waals surface area contributed by atoms with Gasteiger partial charge in [-0.2, -0.15) is 5.10 Å². The van der Waals surface area contributed by atoms with Gasteiger partial charge in [0.1, 0.15) is 0 Å². The number of nitrogens with one attached hydrogen (secondary N) is 3. The van der Waals surface area contributed by atoms with E-state index in [-0.39, 0.29) is 29.6 Å². The number of rotatable bonds is 9. The molecule has 2 aromatic carbocycles. The summed E-state index contributed by atoms with van der Waals surface area (Å²) in [5, 5.41) is 12.5. The molecule has 3 N–H and O–H groups in total. The maximum Gasteiger partial charge on any atom is 0.253 e. The third kappa shape index (κ3) is 6.83. The molecule has 1 aromatic heterocycles. The summed E-state index contributed by atoms with van der Waals surface area (Å²) < 4.78 is 1.80. The lowest BCUT2D eigenvalue weighted by Crippen LogP contribution is -2.41. The summed E-state index contributed by atoms with van der Waals surface area (Å²) in [5.74, 6) is -1.36. The highest BCUT2D eigenvalue weighted by Gasteiger charge is 2.13. The van der Waals surface area contributed by atoms with Crippen LogP contribution in [0.15, 0.2) is 60.9 Å². The minimum absolute atomic E-state index is 0.183. The van der Waals surface area contributed by atoms with Crippen LogP contribution in [0.5, 0.6) is 0 Å². The molecular formula is C22H21Cl2N5O3. The number of nitrogens with zero attached hydrogens (tertiary/aromatic N) is 2. The molecule has 166 valence electrons. The fourth-order valence-corrected chi connectivity index (χ4v) is 3.37. The molecule has 3 aromatic rings. The molecule has 0 fully saturated rings. The van der Waals surface area contributed by atoms with Crippen molar-refractivity contribution < 1.29 is 14.4 Å². The molecule has 3 amide bonds. The van der Waals surface area contributed by atoms with Crippen LogP contribution >= 0.6 is 23.2 Å². The van der Waals surface area contributed by atoms with Crippen LogP contribution in [0.3, 0.4) is 0 Å². The van der Waals surface area contributed by atoms with E-state index in [2.05, 4.69) is 21.0 Å². The normalized spacial score (nSPS) is 10.4. The number of halogens is 2. The number of aromatic nitrogens is 2. The maximum atomic E-state index is 12.1. The molecule has 3 rings (SSSR count). The lowest BCUT2D eigenvalue weighted by Gasteiger charge is -2.12. The van der Waals surface area contributed by atoms with Gasteiger partial charge in [0.25, 0.3) is 5.91 Å². The molecule has 10 heteroatoms. The summed E-state index contributed by atoms with van der Waals surface area (Å²) in [7, 11) is 0. The third-order valence-corrected chi connectivity index (χ3v) is 5.07. The molecule has 0 aliphatic carbocycles. The first kappa shape index (κ1) is 23.3. The number of benzene rings is 2. The zero-order valence-electron chi connectivity index (χ0n) is 17.0. The largest absolute Gasteiger partial charge is 0.350 e. The Morgan fingerprint density at radius 3 is 2.31 bits per heavy atom. The van der Waals surface area contributed by atoms with Gasteiger partial charge in [0.05, 0.1) is 30.2 Å². The van der Waals surface area contributed by atoms with Gasteiger partial charge in [-0.05, 0) is 35.4 Å². The molecule has 0 saturated heterocycles. The van der Waals surface area contributed by atoms with Crippen LogP contribution in [0.2, 0.25) is 10.0 Å². The second-order valence-electron chi connectivity index (χ2n) is 6.83. The van der Waals surface area contributed by atoms with Crippen LogP contribution in [0.4, 0.5) is 0 Å². The van der Waals surface area contributed by atoms with Gasteiger partial charge in [0, 0.05) is 24.0 Å². The van der Waals surface area contributed by atoms with Crippen molar-refractivity contribution in [2.24, 2.45) is 0 Å². The number of hydrogen-bond donors (Lipinski definition) is 3. The van der Waals surface area contributed by atoms with E-state index in [0.717, 1.165) is 11.1 Å². The molecule has 0 atom stereocenters. The van der Waals surface area contributed by atoms with E-state index in [1.807, 2.05) is 36.5 Å². The molecule has 0 unspecified atom stereocenters. The van der Waals surface area contributed by atoms with Crippen molar-refractivity contribution in [3.8, 4) is 0 Å². The van der Waals surface area contributed by atoms with Crippen molar-refractivity contribution in [1.82, 2.24) is 25.7 Å². The Labute approximate surface area is 194 Å². The number of carbonyl (C=O) groups is 3. The Balaban J connectivity index is 1.41. The van der Waals surface area contributed by atoms with Gasteiger partial charge in [-0.15, -0.1) is 0 Å². The molecule has 0 aliphatic rings. The highest BCUT2D eigenvalue weighted by atomic mass is 35.5. The van der Waals surface area contributed by atoms with Crippen LogP contribution < -0.4 is 16.0 Å². The summed E-state index contributed by atoms with van der Waals surface area (Å²) in [4.78, 5) is 36.2. The Hall–Kier alpha value is -3.36. The second kappa shape index (κ2) is 11.3. The SMILES string of the molecule is O=C(CNC(=O)CNC(=O)c1ccc(Cl)cc1Cl)NCc1ccccc1Cn1cccn1. The van der Waals surface area contributed by atoms with Crippen LogP contribution in [-0.4, -0.2) is 40.6 Å². The van der Waals surface area contributed by atoms with Gasteiger partial charge < -0.3 is 16.0 Å². The summed E-state index contributed by atoms with van der Waals surface area (Å²) in [6, 6.07) is 14.0. The van der Waals surface area contributed by atoms with E-state index >= 15 is 0 Å². The standard InChI is InChI=1S/C22H21Cl2N5O3/c23-17-6-7-18(19(24)10-17)22(32)27-13-21(31)26-12-20(30)25-11-15-4-1-2-5-16(15)14-29-9-3-8-28-29/h1-10H,11-14H2,(H,25,30)(H,26,31)(H,27,32). The van der Waals surface area contributed by atoms with Crippen LogP contribution in [0, 0.1) is 0 Å². The summed E-state index contributed by atoms with van der Waals surface area (Å²) in [5.41, 5.74) is 2.19. The van der Waals surface area contributed by atoms with Crippen molar-refractivity contribution in [3.05, 3.63) is 87.7 Å². The molecule has 0 radical (unpaired) electrons. The zero-order chi connectivity index (χ0) is 22.9. The molecule has 0 saturated carbocycles. The first-order valence-electron chi connectivity index (χ1n) is 9.73. The minimum Gasteiger partial charge on any atom is -0.350 e.